The Balaban J connectivity index is 2.78. The fourth-order valence-corrected chi connectivity index (χ4v) is 1.43. The maximum Gasteiger partial charge on any atom is 0.0918 e. The van der Waals surface area contributed by atoms with Crippen molar-refractivity contribution in [1.29, 1.82) is 0 Å². The highest BCUT2D eigenvalue weighted by molar-refractivity contribution is 8.12. The van der Waals surface area contributed by atoms with Crippen LogP contribution in [0.25, 0.3) is 0 Å². The standard InChI is InChI=1S/C6H10N2S/c1-5-8-6(2,3)4-7-9-5/h4H,1-3H3. The van der Waals surface area contributed by atoms with Gasteiger partial charge in [-0.3, -0.25) is 4.99 Å². The lowest BCUT2D eigenvalue weighted by Crippen LogP contribution is -2.21. The summed E-state index contributed by atoms with van der Waals surface area (Å²) in [5.41, 5.74) is -0.0741. The lowest BCUT2D eigenvalue weighted by atomic mass is 10.1. The molecule has 0 aromatic carbocycles. The minimum Gasteiger partial charge on any atom is -0.270 e. The molecule has 1 aliphatic rings. The molecule has 0 bridgehead atoms. The van der Waals surface area contributed by atoms with Crippen molar-refractivity contribution in [3.8, 4) is 0 Å². The van der Waals surface area contributed by atoms with E-state index in [-0.39, 0.29) is 5.54 Å². The van der Waals surface area contributed by atoms with Gasteiger partial charge in [0.25, 0.3) is 0 Å². The van der Waals surface area contributed by atoms with Crippen molar-refractivity contribution in [3.05, 3.63) is 0 Å². The molecule has 0 atom stereocenters. The molecule has 1 aliphatic heterocycles. The highest BCUT2D eigenvalue weighted by Gasteiger charge is 2.16. The van der Waals surface area contributed by atoms with Crippen molar-refractivity contribution < 1.29 is 0 Å². The summed E-state index contributed by atoms with van der Waals surface area (Å²) in [5.74, 6) is 0. The van der Waals surface area contributed by atoms with Crippen molar-refractivity contribution >= 4 is 23.2 Å². The van der Waals surface area contributed by atoms with Gasteiger partial charge in [0, 0.05) is 18.2 Å². The number of nitrogens with zero attached hydrogens (tertiary/aromatic N) is 2. The molecule has 1 rings (SSSR count). The van der Waals surface area contributed by atoms with Crippen LogP contribution in [-0.4, -0.2) is 16.8 Å². The van der Waals surface area contributed by atoms with Gasteiger partial charge in [-0.05, 0) is 20.8 Å². The zero-order valence-electron chi connectivity index (χ0n) is 5.88. The van der Waals surface area contributed by atoms with Crippen LogP contribution in [0.2, 0.25) is 0 Å². The second-order valence-electron chi connectivity index (χ2n) is 2.61. The summed E-state index contributed by atoms with van der Waals surface area (Å²) < 4.78 is 4.07. The first-order valence-electron chi connectivity index (χ1n) is 2.88. The van der Waals surface area contributed by atoms with Gasteiger partial charge in [-0.15, -0.1) is 0 Å². The molecule has 0 saturated carbocycles. The molecule has 2 nitrogen and oxygen atoms in total. The predicted molar refractivity (Wildman–Crippen MR) is 43.3 cm³/mol. The van der Waals surface area contributed by atoms with Gasteiger partial charge < -0.3 is 0 Å². The first-order valence-corrected chi connectivity index (χ1v) is 3.65. The molecular formula is C6H10N2S. The average Bonchev–Trinajstić information content (AvgIpc) is 1.60. The van der Waals surface area contributed by atoms with E-state index in [9.17, 15) is 0 Å². The van der Waals surface area contributed by atoms with E-state index in [4.69, 9.17) is 0 Å². The van der Waals surface area contributed by atoms with Crippen molar-refractivity contribution in [1.82, 2.24) is 0 Å². The summed E-state index contributed by atoms with van der Waals surface area (Å²) in [6.45, 7) is 6.06. The van der Waals surface area contributed by atoms with Crippen LogP contribution >= 0.6 is 11.9 Å². The van der Waals surface area contributed by atoms with Crippen molar-refractivity contribution in [2.75, 3.05) is 0 Å². The van der Waals surface area contributed by atoms with E-state index in [0.717, 1.165) is 5.04 Å². The highest BCUT2D eigenvalue weighted by atomic mass is 32.2. The van der Waals surface area contributed by atoms with Crippen LogP contribution in [0.1, 0.15) is 20.8 Å². The van der Waals surface area contributed by atoms with Crippen LogP contribution in [-0.2, 0) is 0 Å². The summed E-state index contributed by atoms with van der Waals surface area (Å²) in [4.78, 5) is 4.34. The molecule has 0 fully saturated rings. The Hall–Kier alpha value is -0.310. The molecule has 0 spiro atoms. The average molecular weight is 142 g/mol. The Morgan fingerprint density at radius 2 is 2.22 bits per heavy atom. The topological polar surface area (TPSA) is 24.7 Å². The number of hydrogen-bond acceptors (Lipinski definition) is 3. The summed E-state index contributed by atoms with van der Waals surface area (Å²) in [7, 11) is 0. The minimum atomic E-state index is -0.0741. The molecule has 0 aliphatic carbocycles. The van der Waals surface area contributed by atoms with E-state index < -0.39 is 0 Å². The van der Waals surface area contributed by atoms with Crippen molar-refractivity contribution in [2.45, 2.75) is 26.3 Å². The predicted octanol–water partition coefficient (Wildman–Crippen LogP) is 1.92. The SMILES string of the molecule is CC1=NC(C)(C)C=NS1. The second kappa shape index (κ2) is 2.14. The first kappa shape index (κ1) is 6.81. The monoisotopic (exact) mass is 142 g/mol. The minimum absolute atomic E-state index is 0.0741. The molecular weight excluding hydrogens is 132 g/mol. The molecule has 1 heterocycles. The van der Waals surface area contributed by atoms with Gasteiger partial charge in [-0.25, -0.2) is 4.40 Å². The van der Waals surface area contributed by atoms with Crippen molar-refractivity contribution in [3.63, 3.8) is 0 Å². The third-order valence-corrected chi connectivity index (χ3v) is 1.57. The number of hydrogen-bond donors (Lipinski definition) is 0. The van der Waals surface area contributed by atoms with Crippen LogP contribution in [0.4, 0.5) is 0 Å². The number of aliphatic imine (C=N–C) groups is 1. The summed E-state index contributed by atoms with van der Waals surface area (Å²) >= 11 is 1.44. The Kier molecular flexibility index (Phi) is 1.62. The lowest BCUT2D eigenvalue weighted by molar-refractivity contribution is 0.719. The van der Waals surface area contributed by atoms with Crippen molar-refractivity contribution in [2.24, 2.45) is 9.39 Å². The van der Waals surface area contributed by atoms with Gasteiger partial charge in [0.15, 0.2) is 0 Å². The molecule has 3 heteroatoms. The van der Waals surface area contributed by atoms with Crippen LogP contribution in [0.3, 0.4) is 0 Å². The largest absolute Gasteiger partial charge is 0.270 e. The molecule has 0 radical (unpaired) electrons. The van der Waals surface area contributed by atoms with E-state index in [1.807, 2.05) is 27.0 Å². The summed E-state index contributed by atoms with van der Waals surface area (Å²) in [5, 5.41) is 1.04. The lowest BCUT2D eigenvalue weighted by Gasteiger charge is -2.17. The summed E-state index contributed by atoms with van der Waals surface area (Å²) in [6.07, 6.45) is 1.87. The van der Waals surface area contributed by atoms with E-state index >= 15 is 0 Å². The smallest absolute Gasteiger partial charge is 0.0918 e. The van der Waals surface area contributed by atoms with Crippen LogP contribution in [0, 0.1) is 0 Å². The molecule has 0 aromatic heterocycles. The van der Waals surface area contributed by atoms with Gasteiger partial charge in [0.1, 0.15) is 0 Å². The molecule has 9 heavy (non-hydrogen) atoms. The quantitative estimate of drug-likeness (QED) is 0.474. The first-order chi connectivity index (χ1) is 4.10. The number of rotatable bonds is 0. The van der Waals surface area contributed by atoms with Crippen LogP contribution in [0.5, 0.6) is 0 Å². The van der Waals surface area contributed by atoms with Crippen LogP contribution in [0.15, 0.2) is 9.39 Å². The zero-order valence-corrected chi connectivity index (χ0v) is 6.70. The molecule has 0 aromatic rings. The van der Waals surface area contributed by atoms with Gasteiger partial charge in [0.05, 0.1) is 10.6 Å². The second-order valence-corrected chi connectivity index (χ2v) is 3.59. The molecule has 0 saturated heterocycles. The third-order valence-electron chi connectivity index (χ3n) is 0.999. The fraction of sp³-hybridized carbons (Fsp3) is 0.667. The maximum absolute atomic E-state index is 4.34. The Morgan fingerprint density at radius 3 is 2.56 bits per heavy atom. The van der Waals surface area contributed by atoms with E-state index in [2.05, 4.69) is 9.39 Å². The maximum atomic E-state index is 4.34. The van der Waals surface area contributed by atoms with E-state index in [0.29, 0.717) is 0 Å². The molecule has 0 unspecified atom stereocenters. The Bertz CT molecular complexity index is 170. The van der Waals surface area contributed by atoms with Gasteiger partial charge >= 0.3 is 0 Å². The van der Waals surface area contributed by atoms with Gasteiger partial charge in [-0.2, -0.15) is 0 Å². The Morgan fingerprint density at radius 1 is 1.56 bits per heavy atom. The fourth-order valence-electron chi connectivity index (χ4n) is 0.687. The molecule has 0 N–H and O–H groups in total. The van der Waals surface area contributed by atoms with Gasteiger partial charge in [0.2, 0.25) is 0 Å². The molecule has 0 amide bonds. The van der Waals surface area contributed by atoms with E-state index in [1.54, 1.807) is 0 Å². The van der Waals surface area contributed by atoms with E-state index in [1.165, 1.54) is 11.9 Å². The van der Waals surface area contributed by atoms with Crippen LogP contribution < -0.4 is 0 Å². The van der Waals surface area contributed by atoms with Gasteiger partial charge in [-0.1, -0.05) is 0 Å². The Labute approximate surface area is 59.6 Å². The summed E-state index contributed by atoms with van der Waals surface area (Å²) in [6, 6.07) is 0. The highest BCUT2D eigenvalue weighted by Crippen LogP contribution is 2.18. The molecule has 50 valence electrons. The normalized spacial score (nSPS) is 23.7. The third kappa shape index (κ3) is 1.82. The zero-order chi connectivity index (χ0) is 6.91.